The molecule has 0 saturated carbocycles. The van der Waals surface area contributed by atoms with E-state index in [9.17, 15) is 4.39 Å². The van der Waals surface area contributed by atoms with Crippen molar-refractivity contribution in [3.05, 3.63) is 44.9 Å². The average Bonchev–Trinajstić information content (AvgIpc) is 2.31. The second-order valence-electron chi connectivity index (χ2n) is 4.62. The van der Waals surface area contributed by atoms with Gasteiger partial charge in [0.1, 0.15) is 11.0 Å². The number of hydrogen-bond acceptors (Lipinski definition) is 2. The van der Waals surface area contributed by atoms with Gasteiger partial charge in [0.2, 0.25) is 0 Å². The molecule has 2 aromatic rings. The van der Waals surface area contributed by atoms with Gasteiger partial charge < -0.3 is 0 Å². The molecule has 0 aliphatic heterocycles. The lowest BCUT2D eigenvalue weighted by atomic mass is 10.0. The number of aromatic nitrogens is 2. The number of nitrogens with zero attached hydrogens (tertiary/aromatic N) is 2. The molecule has 2 rings (SSSR count). The summed E-state index contributed by atoms with van der Waals surface area (Å²) < 4.78 is 14.0. The molecule has 100 valence electrons. The van der Waals surface area contributed by atoms with Gasteiger partial charge in [0.25, 0.3) is 0 Å². The number of rotatable bonds is 2. The Kier molecular flexibility index (Phi) is 4.21. The van der Waals surface area contributed by atoms with Gasteiger partial charge in [-0.05, 0) is 47.0 Å². The third kappa shape index (κ3) is 2.95. The van der Waals surface area contributed by atoms with Gasteiger partial charge in [-0.25, -0.2) is 14.4 Å². The van der Waals surface area contributed by atoms with Crippen LogP contribution in [0.15, 0.2) is 22.7 Å². The second-order valence-corrected chi connectivity index (χ2v) is 5.83. The predicted octanol–water partition coefficient (Wildman–Crippen LogP) is 5.13. The summed E-state index contributed by atoms with van der Waals surface area (Å²) in [5, 5.41) is 0.431. The molecule has 19 heavy (non-hydrogen) atoms. The summed E-state index contributed by atoms with van der Waals surface area (Å²) >= 11 is 9.32. The minimum Gasteiger partial charge on any atom is -0.233 e. The van der Waals surface area contributed by atoms with Gasteiger partial charge in [0, 0.05) is 16.8 Å². The SMILES string of the molecule is Cc1nc(-c2ccc(Br)c(F)c2)nc(Cl)c1C(C)C. The van der Waals surface area contributed by atoms with Crippen LogP contribution in [0, 0.1) is 12.7 Å². The van der Waals surface area contributed by atoms with Crippen LogP contribution in [-0.2, 0) is 0 Å². The van der Waals surface area contributed by atoms with E-state index in [-0.39, 0.29) is 11.7 Å². The van der Waals surface area contributed by atoms with Crippen molar-refractivity contribution in [3.63, 3.8) is 0 Å². The van der Waals surface area contributed by atoms with Crippen molar-refractivity contribution in [2.45, 2.75) is 26.7 Å². The molecular formula is C14H13BrClFN2. The van der Waals surface area contributed by atoms with Crippen molar-refractivity contribution >= 4 is 27.5 Å². The zero-order chi connectivity index (χ0) is 14.2. The summed E-state index contributed by atoms with van der Waals surface area (Å²) in [4.78, 5) is 8.69. The number of benzene rings is 1. The molecule has 0 amide bonds. The standard InChI is InChI=1S/C14H13BrClFN2/c1-7(2)12-8(3)18-14(19-13(12)16)9-4-5-10(15)11(17)6-9/h4-7H,1-3H3. The third-order valence-corrected chi connectivity index (χ3v) is 3.78. The first-order chi connectivity index (χ1) is 8.90. The number of hydrogen-bond donors (Lipinski definition) is 0. The number of aryl methyl sites for hydroxylation is 1. The molecule has 0 aliphatic carbocycles. The molecule has 0 radical (unpaired) electrons. The van der Waals surface area contributed by atoms with Gasteiger partial charge in [0.15, 0.2) is 5.82 Å². The third-order valence-electron chi connectivity index (χ3n) is 2.84. The van der Waals surface area contributed by atoms with Crippen molar-refractivity contribution in [2.24, 2.45) is 0 Å². The zero-order valence-electron chi connectivity index (χ0n) is 10.8. The lowest BCUT2D eigenvalue weighted by Gasteiger charge is -2.12. The summed E-state index contributed by atoms with van der Waals surface area (Å²) in [6.07, 6.45) is 0. The fraction of sp³-hybridized carbons (Fsp3) is 0.286. The molecule has 0 aliphatic rings. The van der Waals surface area contributed by atoms with Gasteiger partial charge in [-0.2, -0.15) is 0 Å². The molecule has 0 spiro atoms. The molecule has 1 heterocycles. The highest BCUT2D eigenvalue weighted by Crippen LogP contribution is 2.29. The molecule has 0 N–H and O–H groups in total. The van der Waals surface area contributed by atoms with E-state index in [0.717, 1.165) is 11.3 Å². The summed E-state index contributed by atoms with van der Waals surface area (Å²) in [5.41, 5.74) is 2.37. The van der Waals surface area contributed by atoms with Crippen LogP contribution in [-0.4, -0.2) is 9.97 Å². The molecule has 1 aromatic carbocycles. The molecule has 0 bridgehead atoms. The smallest absolute Gasteiger partial charge is 0.161 e. The van der Waals surface area contributed by atoms with Gasteiger partial charge in [0.05, 0.1) is 4.47 Å². The molecule has 0 unspecified atom stereocenters. The Morgan fingerprint density at radius 3 is 2.47 bits per heavy atom. The van der Waals surface area contributed by atoms with E-state index < -0.39 is 0 Å². The monoisotopic (exact) mass is 342 g/mol. The quantitative estimate of drug-likeness (QED) is 0.706. The topological polar surface area (TPSA) is 25.8 Å². The van der Waals surface area contributed by atoms with E-state index in [0.29, 0.717) is 21.0 Å². The maximum Gasteiger partial charge on any atom is 0.161 e. The van der Waals surface area contributed by atoms with E-state index in [1.54, 1.807) is 12.1 Å². The Bertz CT molecular complexity index is 606. The zero-order valence-corrected chi connectivity index (χ0v) is 13.2. The highest BCUT2D eigenvalue weighted by molar-refractivity contribution is 9.10. The molecule has 2 nitrogen and oxygen atoms in total. The first-order valence-corrected chi connectivity index (χ1v) is 7.06. The van der Waals surface area contributed by atoms with Crippen molar-refractivity contribution in [2.75, 3.05) is 0 Å². The Balaban J connectivity index is 2.55. The fourth-order valence-corrected chi connectivity index (χ4v) is 2.65. The van der Waals surface area contributed by atoms with Crippen LogP contribution in [0.5, 0.6) is 0 Å². The first kappa shape index (κ1) is 14.4. The van der Waals surface area contributed by atoms with Crippen LogP contribution in [0.2, 0.25) is 5.15 Å². The maximum atomic E-state index is 13.5. The van der Waals surface area contributed by atoms with Crippen molar-refractivity contribution in [3.8, 4) is 11.4 Å². The normalized spacial score (nSPS) is 11.1. The van der Waals surface area contributed by atoms with Crippen LogP contribution in [0.25, 0.3) is 11.4 Å². The lowest BCUT2D eigenvalue weighted by Crippen LogP contribution is -2.02. The molecule has 0 fully saturated rings. The lowest BCUT2D eigenvalue weighted by molar-refractivity contribution is 0.621. The van der Waals surface area contributed by atoms with Gasteiger partial charge >= 0.3 is 0 Å². The van der Waals surface area contributed by atoms with Crippen molar-refractivity contribution in [1.29, 1.82) is 0 Å². The average molecular weight is 344 g/mol. The summed E-state index contributed by atoms with van der Waals surface area (Å²) in [6, 6.07) is 4.78. The highest BCUT2D eigenvalue weighted by atomic mass is 79.9. The molecule has 0 saturated heterocycles. The van der Waals surface area contributed by atoms with E-state index in [1.807, 2.05) is 20.8 Å². The molecule has 5 heteroatoms. The molecular weight excluding hydrogens is 331 g/mol. The summed E-state index contributed by atoms with van der Waals surface area (Å²) in [7, 11) is 0. The minimum atomic E-state index is -0.345. The van der Waals surface area contributed by atoms with E-state index >= 15 is 0 Å². The van der Waals surface area contributed by atoms with Crippen LogP contribution in [0.4, 0.5) is 4.39 Å². The highest BCUT2D eigenvalue weighted by Gasteiger charge is 2.14. The predicted molar refractivity (Wildman–Crippen MR) is 79.0 cm³/mol. The first-order valence-electron chi connectivity index (χ1n) is 5.89. The van der Waals surface area contributed by atoms with Crippen LogP contribution < -0.4 is 0 Å². The van der Waals surface area contributed by atoms with Crippen molar-refractivity contribution in [1.82, 2.24) is 9.97 Å². The van der Waals surface area contributed by atoms with Gasteiger partial charge in [-0.15, -0.1) is 0 Å². The Morgan fingerprint density at radius 1 is 1.26 bits per heavy atom. The van der Waals surface area contributed by atoms with Crippen LogP contribution >= 0.6 is 27.5 Å². The Morgan fingerprint density at radius 2 is 1.95 bits per heavy atom. The Labute approximate surface area is 125 Å². The van der Waals surface area contributed by atoms with Gasteiger partial charge in [-0.3, -0.25) is 0 Å². The largest absolute Gasteiger partial charge is 0.233 e. The Hall–Kier alpha value is -1.00. The summed E-state index contributed by atoms with van der Waals surface area (Å²) in [6.45, 7) is 5.97. The van der Waals surface area contributed by atoms with Crippen molar-refractivity contribution < 1.29 is 4.39 Å². The minimum absolute atomic E-state index is 0.253. The number of halogens is 3. The molecule has 1 aromatic heterocycles. The van der Waals surface area contributed by atoms with E-state index in [2.05, 4.69) is 25.9 Å². The maximum absolute atomic E-state index is 13.5. The van der Waals surface area contributed by atoms with E-state index in [1.165, 1.54) is 6.07 Å². The fourth-order valence-electron chi connectivity index (χ4n) is 1.97. The van der Waals surface area contributed by atoms with Crippen LogP contribution in [0.3, 0.4) is 0 Å². The van der Waals surface area contributed by atoms with Crippen LogP contribution in [0.1, 0.15) is 31.0 Å². The molecule has 0 atom stereocenters. The second kappa shape index (κ2) is 5.55. The summed E-state index contributed by atoms with van der Waals surface area (Å²) in [5.74, 6) is 0.351. The van der Waals surface area contributed by atoms with E-state index in [4.69, 9.17) is 11.6 Å². The van der Waals surface area contributed by atoms with Gasteiger partial charge in [-0.1, -0.05) is 25.4 Å².